The molecule has 2 amide bonds. The predicted molar refractivity (Wildman–Crippen MR) is 93.6 cm³/mol. The van der Waals surface area contributed by atoms with Crippen molar-refractivity contribution in [3.63, 3.8) is 0 Å². The molecule has 0 heterocycles. The molecule has 0 aliphatic heterocycles. The number of aryl methyl sites for hydroxylation is 1. The van der Waals surface area contributed by atoms with Gasteiger partial charge in [-0.3, -0.25) is 19.7 Å². The number of benzene rings is 2. The standard InChI is InChI=1S/C17H16N4O4/c1-11-6-7-13(8-16(11)21(24)25)10-18-20-17(23)14-4-3-5-15(9-14)19-12(2)22/h3-10H,1-2H3,(H,19,22)(H,20,23)/b18-10+. The third-order valence-electron chi connectivity index (χ3n) is 3.25. The molecule has 8 nitrogen and oxygen atoms in total. The first-order valence-corrected chi connectivity index (χ1v) is 7.33. The number of nitro groups is 1. The van der Waals surface area contributed by atoms with E-state index < -0.39 is 10.8 Å². The Hall–Kier alpha value is -3.55. The van der Waals surface area contributed by atoms with Crippen molar-refractivity contribution in [2.45, 2.75) is 13.8 Å². The molecule has 25 heavy (non-hydrogen) atoms. The van der Waals surface area contributed by atoms with E-state index in [4.69, 9.17) is 0 Å². The lowest BCUT2D eigenvalue weighted by Crippen LogP contribution is -2.18. The minimum Gasteiger partial charge on any atom is -0.326 e. The van der Waals surface area contributed by atoms with E-state index >= 15 is 0 Å². The van der Waals surface area contributed by atoms with Crippen LogP contribution < -0.4 is 10.7 Å². The van der Waals surface area contributed by atoms with Crippen LogP contribution in [-0.2, 0) is 4.79 Å². The highest BCUT2D eigenvalue weighted by Gasteiger charge is 2.10. The average Bonchev–Trinajstić information content (AvgIpc) is 2.55. The molecule has 2 aromatic rings. The van der Waals surface area contributed by atoms with Crippen molar-refractivity contribution >= 4 is 29.4 Å². The Bertz CT molecular complexity index is 861. The summed E-state index contributed by atoms with van der Waals surface area (Å²) in [5, 5.41) is 17.3. The van der Waals surface area contributed by atoms with Gasteiger partial charge in [-0.1, -0.05) is 18.2 Å². The minimum absolute atomic E-state index is 0.0155. The third kappa shape index (κ3) is 4.96. The van der Waals surface area contributed by atoms with Gasteiger partial charge in [-0.15, -0.1) is 0 Å². The van der Waals surface area contributed by atoms with Gasteiger partial charge in [0.2, 0.25) is 5.91 Å². The Labute approximate surface area is 143 Å². The largest absolute Gasteiger partial charge is 0.326 e. The summed E-state index contributed by atoms with van der Waals surface area (Å²) in [6.07, 6.45) is 1.32. The van der Waals surface area contributed by atoms with Crippen LogP contribution in [0.25, 0.3) is 0 Å². The van der Waals surface area contributed by atoms with E-state index in [1.54, 1.807) is 37.3 Å². The number of nitrogens with zero attached hydrogens (tertiary/aromatic N) is 2. The van der Waals surface area contributed by atoms with Crippen molar-refractivity contribution < 1.29 is 14.5 Å². The summed E-state index contributed by atoms with van der Waals surface area (Å²) in [7, 11) is 0. The van der Waals surface area contributed by atoms with Gasteiger partial charge in [0, 0.05) is 35.4 Å². The summed E-state index contributed by atoms with van der Waals surface area (Å²) < 4.78 is 0. The van der Waals surface area contributed by atoms with E-state index in [0.29, 0.717) is 22.4 Å². The van der Waals surface area contributed by atoms with Crippen LogP contribution in [0.2, 0.25) is 0 Å². The van der Waals surface area contributed by atoms with Crippen molar-refractivity contribution in [3.8, 4) is 0 Å². The second-order valence-corrected chi connectivity index (χ2v) is 5.26. The van der Waals surface area contributed by atoms with Crippen molar-refractivity contribution in [2.75, 3.05) is 5.32 Å². The predicted octanol–water partition coefficient (Wildman–Crippen LogP) is 2.63. The summed E-state index contributed by atoms with van der Waals surface area (Å²) >= 11 is 0. The zero-order chi connectivity index (χ0) is 18.4. The molecule has 0 aliphatic carbocycles. The van der Waals surface area contributed by atoms with E-state index in [2.05, 4.69) is 15.8 Å². The van der Waals surface area contributed by atoms with Gasteiger partial charge in [0.1, 0.15) is 0 Å². The number of hydrogen-bond acceptors (Lipinski definition) is 5. The first-order chi connectivity index (χ1) is 11.9. The summed E-state index contributed by atoms with van der Waals surface area (Å²) in [5.41, 5.74) is 4.17. The SMILES string of the molecule is CC(=O)Nc1cccc(C(=O)N/N=C/c2ccc(C)c([N+](=O)[O-])c2)c1. The van der Waals surface area contributed by atoms with Crippen LogP contribution in [0.3, 0.4) is 0 Å². The van der Waals surface area contributed by atoms with Crippen molar-refractivity contribution in [1.29, 1.82) is 0 Å². The Morgan fingerprint density at radius 2 is 1.96 bits per heavy atom. The van der Waals surface area contributed by atoms with Gasteiger partial charge in [-0.2, -0.15) is 5.10 Å². The maximum Gasteiger partial charge on any atom is 0.272 e. The molecule has 0 aromatic heterocycles. The molecule has 0 spiro atoms. The average molecular weight is 340 g/mol. The summed E-state index contributed by atoms with van der Waals surface area (Å²) in [6.45, 7) is 3.01. The lowest BCUT2D eigenvalue weighted by molar-refractivity contribution is -0.385. The van der Waals surface area contributed by atoms with E-state index in [0.717, 1.165) is 0 Å². The summed E-state index contributed by atoms with van der Waals surface area (Å²) in [6, 6.07) is 11.0. The number of carbonyl (C=O) groups is 2. The number of amides is 2. The number of carbonyl (C=O) groups excluding carboxylic acids is 2. The molecule has 0 bridgehead atoms. The zero-order valence-electron chi connectivity index (χ0n) is 13.6. The van der Waals surface area contributed by atoms with E-state index in [1.165, 1.54) is 25.3 Å². The fourth-order valence-corrected chi connectivity index (χ4v) is 2.07. The number of nitro benzene ring substituents is 1. The quantitative estimate of drug-likeness (QED) is 0.495. The Morgan fingerprint density at radius 3 is 2.64 bits per heavy atom. The smallest absolute Gasteiger partial charge is 0.272 e. The maximum atomic E-state index is 12.1. The van der Waals surface area contributed by atoms with E-state index in [1.807, 2.05) is 0 Å². The van der Waals surface area contributed by atoms with Gasteiger partial charge in [-0.25, -0.2) is 5.43 Å². The highest BCUT2D eigenvalue weighted by molar-refractivity contribution is 5.97. The monoisotopic (exact) mass is 340 g/mol. The number of anilines is 1. The van der Waals surface area contributed by atoms with Crippen LogP contribution in [0.5, 0.6) is 0 Å². The molecule has 8 heteroatoms. The molecular weight excluding hydrogens is 324 g/mol. The fourth-order valence-electron chi connectivity index (χ4n) is 2.07. The normalized spacial score (nSPS) is 10.5. The Balaban J connectivity index is 2.07. The molecule has 128 valence electrons. The number of nitrogens with one attached hydrogen (secondary N) is 2. The Morgan fingerprint density at radius 1 is 1.20 bits per heavy atom. The van der Waals surface area contributed by atoms with Crippen LogP contribution in [0.1, 0.15) is 28.4 Å². The van der Waals surface area contributed by atoms with Gasteiger partial charge < -0.3 is 5.32 Å². The molecule has 2 rings (SSSR count). The molecular formula is C17H16N4O4. The molecule has 0 atom stereocenters. The second-order valence-electron chi connectivity index (χ2n) is 5.26. The number of hydrogen-bond donors (Lipinski definition) is 2. The van der Waals surface area contributed by atoms with Crippen molar-refractivity contribution in [3.05, 3.63) is 69.3 Å². The molecule has 0 saturated carbocycles. The Kier molecular flexibility index (Phi) is 5.57. The first kappa shape index (κ1) is 17.8. The van der Waals surface area contributed by atoms with Crippen LogP contribution >= 0.6 is 0 Å². The van der Waals surface area contributed by atoms with Crippen molar-refractivity contribution in [2.24, 2.45) is 5.10 Å². The van der Waals surface area contributed by atoms with E-state index in [9.17, 15) is 19.7 Å². The number of rotatable bonds is 5. The van der Waals surface area contributed by atoms with Gasteiger partial charge in [0.25, 0.3) is 11.6 Å². The highest BCUT2D eigenvalue weighted by atomic mass is 16.6. The van der Waals surface area contributed by atoms with Gasteiger partial charge in [0.15, 0.2) is 0 Å². The number of hydrazone groups is 1. The molecule has 0 saturated heterocycles. The molecule has 0 radical (unpaired) electrons. The summed E-state index contributed by atoms with van der Waals surface area (Å²) in [4.78, 5) is 33.5. The first-order valence-electron chi connectivity index (χ1n) is 7.33. The van der Waals surface area contributed by atoms with Gasteiger partial charge in [-0.05, 0) is 25.1 Å². The van der Waals surface area contributed by atoms with E-state index in [-0.39, 0.29) is 11.6 Å². The molecule has 0 aliphatic rings. The lowest BCUT2D eigenvalue weighted by Gasteiger charge is -2.04. The second kappa shape index (κ2) is 7.82. The van der Waals surface area contributed by atoms with Crippen molar-refractivity contribution in [1.82, 2.24) is 5.43 Å². The zero-order valence-corrected chi connectivity index (χ0v) is 13.6. The fraction of sp³-hybridized carbons (Fsp3) is 0.118. The lowest BCUT2D eigenvalue weighted by atomic mass is 10.1. The molecule has 2 N–H and O–H groups in total. The van der Waals surface area contributed by atoms with Crippen LogP contribution in [0, 0.1) is 17.0 Å². The van der Waals surface area contributed by atoms with Crippen LogP contribution in [-0.4, -0.2) is 23.0 Å². The van der Waals surface area contributed by atoms with Gasteiger partial charge in [0.05, 0.1) is 11.1 Å². The van der Waals surface area contributed by atoms with Crippen LogP contribution in [0.15, 0.2) is 47.6 Å². The molecule has 0 unspecified atom stereocenters. The molecule has 0 fully saturated rings. The maximum absolute atomic E-state index is 12.1. The topological polar surface area (TPSA) is 114 Å². The summed E-state index contributed by atoms with van der Waals surface area (Å²) in [5.74, 6) is -0.707. The minimum atomic E-state index is -0.473. The third-order valence-corrected chi connectivity index (χ3v) is 3.25. The van der Waals surface area contributed by atoms with Gasteiger partial charge >= 0.3 is 0 Å². The van der Waals surface area contributed by atoms with Crippen LogP contribution in [0.4, 0.5) is 11.4 Å². The molecule has 2 aromatic carbocycles. The highest BCUT2D eigenvalue weighted by Crippen LogP contribution is 2.18.